The Morgan fingerprint density at radius 1 is 0.352 bits per heavy atom. The zero-order chi connectivity index (χ0) is 35.3. The van der Waals surface area contributed by atoms with Crippen LogP contribution in [-0.2, 0) is 0 Å². The highest BCUT2D eigenvalue weighted by molar-refractivity contribution is 6.35. The lowest BCUT2D eigenvalue weighted by Crippen LogP contribution is -2.04. The van der Waals surface area contributed by atoms with Gasteiger partial charge in [-0.1, -0.05) is 140 Å². The van der Waals surface area contributed by atoms with Crippen LogP contribution in [0.5, 0.6) is 0 Å². The fraction of sp³-hybridized carbons (Fsp3) is 0. The summed E-state index contributed by atoms with van der Waals surface area (Å²) in [5, 5.41) is 13.2. The van der Waals surface area contributed by atoms with Crippen LogP contribution >= 0.6 is 0 Å². The zero-order valence-corrected chi connectivity index (χ0v) is 29.1. The molecule has 12 rings (SSSR count). The zero-order valence-electron chi connectivity index (χ0n) is 29.1. The van der Waals surface area contributed by atoms with Gasteiger partial charge in [-0.3, -0.25) is 4.57 Å². The van der Waals surface area contributed by atoms with Gasteiger partial charge in [-0.05, 0) is 69.4 Å². The van der Waals surface area contributed by atoms with E-state index in [0.29, 0.717) is 5.95 Å². The number of hydrogen-bond donors (Lipinski definition) is 0. The van der Waals surface area contributed by atoms with E-state index in [1.54, 1.807) is 0 Å². The van der Waals surface area contributed by atoms with Gasteiger partial charge in [-0.2, -0.15) is 0 Å². The molecule has 0 spiro atoms. The first-order valence-corrected chi connectivity index (χ1v) is 18.4. The second-order valence-electron chi connectivity index (χ2n) is 14.1. The maximum atomic E-state index is 5.58. The van der Waals surface area contributed by atoms with E-state index in [9.17, 15) is 0 Å². The lowest BCUT2D eigenvalue weighted by molar-refractivity contribution is 1.02. The van der Waals surface area contributed by atoms with E-state index < -0.39 is 0 Å². The molecule has 0 bridgehead atoms. The molecule has 4 nitrogen and oxygen atoms in total. The predicted octanol–water partition coefficient (Wildman–Crippen LogP) is 13.0. The highest BCUT2D eigenvalue weighted by Gasteiger charge is 2.23. The lowest BCUT2D eigenvalue weighted by atomic mass is 9.95. The van der Waals surface area contributed by atoms with Crippen molar-refractivity contribution in [3.05, 3.63) is 182 Å². The Morgan fingerprint density at radius 3 is 1.80 bits per heavy atom. The van der Waals surface area contributed by atoms with Crippen molar-refractivity contribution in [1.82, 2.24) is 19.1 Å². The second kappa shape index (κ2) is 11.1. The molecule has 0 aliphatic heterocycles. The molecule has 0 unspecified atom stereocenters. The van der Waals surface area contributed by atoms with Crippen molar-refractivity contribution in [3.63, 3.8) is 0 Å². The fourth-order valence-corrected chi connectivity index (χ4v) is 9.01. The maximum absolute atomic E-state index is 5.58. The van der Waals surface area contributed by atoms with Gasteiger partial charge in [0.15, 0.2) is 0 Å². The van der Waals surface area contributed by atoms with Crippen LogP contribution in [0.25, 0.3) is 110 Å². The Kier molecular flexibility index (Phi) is 6.02. The molecule has 12 aromatic rings. The van der Waals surface area contributed by atoms with E-state index in [4.69, 9.17) is 9.97 Å². The predicted molar refractivity (Wildman–Crippen MR) is 226 cm³/mol. The van der Waals surface area contributed by atoms with Crippen LogP contribution in [-0.4, -0.2) is 19.1 Å². The number of para-hydroxylation sites is 3. The third-order valence-electron chi connectivity index (χ3n) is 11.3. The number of nitrogens with zero attached hydrogens (tertiary/aromatic N) is 4. The number of hydrogen-bond acceptors (Lipinski definition) is 2. The maximum Gasteiger partial charge on any atom is 0.235 e. The van der Waals surface area contributed by atoms with E-state index >= 15 is 0 Å². The largest absolute Gasteiger partial charge is 0.309 e. The Labute approximate surface area is 309 Å². The molecule has 54 heavy (non-hydrogen) atoms. The van der Waals surface area contributed by atoms with E-state index in [1.807, 2.05) is 0 Å². The second-order valence-corrected chi connectivity index (χ2v) is 14.1. The topological polar surface area (TPSA) is 35.6 Å². The lowest BCUT2D eigenvalue weighted by Gasteiger charge is -2.14. The molecule has 0 radical (unpaired) electrons. The van der Waals surface area contributed by atoms with Crippen molar-refractivity contribution in [2.75, 3.05) is 0 Å². The molecular weight excluding hydrogens is 657 g/mol. The van der Waals surface area contributed by atoms with E-state index in [0.717, 1.165) is 44.4 Å². The normalized spacial score (nSPS) is 12.1. The summed E-state index contributed by atoms with van der Waals surface area (Å²) in [5.41, 5.74) is 8.58. The summed E-state index contributed by atoms with van der Waals surface area (Å²) in [5.74, 6) is 0.659. The first-order chi connectivity index (χ1) is 26.8. The standard InChI is InChI=1S/C50H30N4/c1-2-15-33(16-3-1)53-43-25-13-11-20-37(43)41-30-32(27-28-44(41)53)48-40-23-10-12-24-42(40)51-50(52-48)54-45-29-26-31-14-4-5-17-34(31)46(45)47-38-21-8-6-18-35(38)36-19-7-9-22-39(36)49(47)54/h1-30H. The molecule has 0 saturated carbocycles. The minimum atomic E-state index is 0.659. The molecule has 0 fully saturated rings. The van der Waals surface area contributed by atoms with Gasteiger partial charge >= 0.3 is 0 Å². The van der Waals surface area contributed by atoms with Crippen LogP contribution < -0.4 is 0 Å². The Hall–Kier alpha value is -7.30. The van der Waals surface area contributed by atoms with Crippen LogP contribution in [0.15, 0.2) is 182 Å². The van der Waals surface area contributed by atoms with Crippen LogP contribution in [0.4, 0.5) is 0 Å². The van der Waals surface area contributed by atoms with Gasteiger partial charge in [0, 0.05) is 43.6 Å². The summed E-state index contributed by atoms with van der Waals surface area (Å²) < 4.78 is 4.68. The smallest absolute Gasteiger partial charge is 0.235 e. The van der Waals surface area contributed by atoms with Crippen molar-refractivity contribution in [1.29, 1.82) is 0 Å². The minimum absolute atomic E-state index is 0.659. The summed E-state index contributed by atoms with van der Waals surface area (Å²) in [6.07, 6.45) is 0. The number of aromatic nitrogens is 4. The first kappa shape index (κ1) is 29.3. The Bertz CT molecular complexity index is 3500. The highest BCUT2D eigenvalue weighted by atomic mass is 15.2. The molecular formula is C50H30N4. The Balaban J connectivity index is 1.21. The van der Waals surface area contributed by atoms with Gasteiger partial charge in [0.25, 0.3) is 0 Å². The quantitative estimate of drug-likeness (QED) is 0.173. The molecule has 0 aliphatic carbocycles. The third kappa shape index (κ3) is 4.02. The highest BCUT2D eigenvalue weighted by Crippen LogP contribution is 2.45. The molecule has 3 aromatic heterocycles. The van der Waals surface area contributed by atoms with E-state index in [2.05, 4.69) is 191 Å². The van der Waals surface area contributed by atoms with E-state index in [1.165, 1.54) is 59.4 Å². The summed E-state index contributed by atoms with van der Waals surface area (Å²) >= 11 is 0. The SMILES string of the molecule is c1ccc(-n2c3ccccc3c3cc(-c4nc(-n5c6ccc7ccccc7c6c6c7ccccc7c7ccccc7c65)nc5ccccc45)ccc32)cc1. The van der Waals surface area contributed by atoms with Crippen molar-refractivity contribution < 1.29 is 0 Å². The Morgan fingerprint density at radius 2 is 0.963 bits per heavy atom. The van der Waals surface area contributed by atoms with Crippen LogP contribution in [0.2, 0.25) is 0 Å². The van der Waals surface area contributed by atoms with Gasteiger partial charge in [-0.15, -0.1) is 0 Å². The molecule has 0 N–H and O–H groups in total. The van der Waals surface area contributed by atoms with Gasteiger partial charge in [0.05, 0.1) is 33.3 Å². The molecule has 0 saturated heterocycles. The molecule has 3 heterocycles. The average molecular weight is 687 g/mol. The van der Waals surface area contributed by atoms with Crippen LogP contribution in [0, 0.1) is 0 Å². The molecule has 9 aromatic carbocycles. The minimum Gasteiger partial charge on any atom is -0.309 e. The van der Waals surface area contributed by atoms with Gasteiger partial charge in [0.1, 0.15) is 0 Å². The van der Waals surface area contributed by atoms with Crippen LogP contribution in [0.1, 0.15) is 0 Å². The van der Waals surface area contributed by atoms with Crippen molar-refractivity contribution in [3.8, 4) is 22.9 Å². The summed E-state index contributed by atoms with van der Waals surface area (Å²) in [7, 11) is 0. The number of fused-ring (bicyclic) bond motifs is 14. The molecule has 0 atom stereocenters. The van der Waals surface area contributed by atoms with Crippen molar-refractivity contribution in [2.24, 2.45) is 0 Å². The number of benzene rings is 9. The summed E-state index contributed by atoms with van der Waals surface area (Å²) in [4.78, 5) is 11.0. The summed E-state index contributed by atoms with van der Waals surface area (Å²) in [6, 6.07) is 65.3. The number of rotatable bonds is 3. The summed E-state index contributed by atoms with van der Waals surface area (Å²) in [6.45, 7) is 0. The van der Waals surface area contributed by atoms with Crippen molar-refractivity contribution in [2.45, 2.75) is 0 Å². The van der Waals surface area contributed by atoms with E-state index in [-0.39, 0.29) is 0 Å². The van der Waals surface area contributed by atoms with Gasteiger partial charge in [0.2, 0.25) is 5.95 Å². The molecule has 250 valence electrons. The third-order valence-corrected chi connectivity index (χ3v) is 11.3. The van der Waals surface area contributed by atoms with Crippen molar-refractivity contribution >= 4 is 86.8 Å². The van der Waals surface area contributed by atoms with Crippen LogP contribution in [0.3, 0.4) is 0 Å². The fourth-order valence-electron chi connectivity index (χ4n) is 9.01. The molecule has 4 heteroatoms. The first-order valence-electron chi connectivity index (χ1n) is 18.4. The monoisotopic (exact) mass is 686 g/mol. The molecule has 0 amide bonds. The molecule has 0 aliphatic rings. The van der Waals surface area contributed by atoms with Gasteiger partial charge < -0.3 is 4.57 Å². The average Bonchev–Trinajstić information content (AvgIpc) is 3.77. The van der Waals surface area contributed by atoms with Gasteiger partial charge in [-0.25, -0.2) is 9.97 Å².